The van der Waals surface area contributed by atoms with Crippen LogP contribution in [0.25, 0.3) is 22.2 Å². The molecule has 2 aromatic heterocycles. The summed E-state index contributed by atoms with van der Waals surface area (Å²) in [5.74, 6) is 0.539. The molecule has 0 aliphatic carbocycles. The number of aliphatic hydroxyl groups excluding tert-OH is 1. The first-order valence-electron chi connectivity index (χ1n) is 14.5. The largest absolute Gasteiger partial charge is 0.494 e. The predicted octanol–water partition coefficient (Wildman–Crippen LogP) is 7.22. The molecule has 2 aromatic carbocycles. The Morgan fingerprint density at radius 1 is 1.02 bits per heavy atom. The van der Waals surface area contributed by atoms with Crippen molar-refractivity contribution in [2.45, 2.75) is 51.4 Å². The van der Waals surface area contributed by atoms with Gasteiger partial charge in [0, 0.05) is 43.8 Å². The topological polar surface area (TPSA) is 92.0 Å². The predicted molar refractivity (Wildman–Crippen MR) is 169 cm³/mol. The van der Waals surface area contributed by atoms with Gasteiger partial charge in [0.25, 0.3) is 0 Å². The number of aromatic nitrogens is 2. The van der Waals surface area contributed by atoms with E-state index in [1.165, 1.54) is 26.4 Å². The van der Waals surface area contributed by atoms with E-state index in [-0.39, 0.29) is 37.8 Å². The van der Waals surface area contributed by atoms with Crippen molar-refractivity contribution in [3.63, 3.8) is 0 Å². The van der Waals surface area contributed by atoms with Crippen LogP contribution >= 0.6 is 0 Å². The number of Topliss-reactive ketones (excluding diaryl/α,β-unsaturated/α-hetero) is 1. The fourth-order valence-electron chi connectivity index (χ4n) is 4.82. The van der Waals surface area contributed by atoms with Gasteiger partial charge in [0.1, 0.15) is 37.3 Å². The van der Waals surface area contributed by atoms with Crippen LogP contribution in [0.4, 0.5) is 8.78 Å². The molecule has 4 aromatic rings. The van der Waals surface area contributed by atoms with Crippen LogP contribution in [-0.2, 0) is 11.5 Å². The third-order valence-electron chi connectivity index (χ3n) is 7.24. The second-order valence-corrected chi connectivity index (χ2v) is 17.3. The Balaban J connectivity index is 1.55. The number of nitrogens with zero attached hydrogens (tertiary/aromatic N) is 2. The Kier molecular flexibility index (Phi) is 11.1. The van der Waals surface area contributed by atoms with Crippen LogP contribution in [-0.4, -0.2) is 62.6 Å². The van der Waals surface area contributed by atoms with Gasteiger partial charge in [0.2, 0.25) is 0 Å². The number of ketones is 1. The molecule has 1 unspecified atom stereocenters. The molecule has 4 rings (SSSR count). The van der Waals surface area contributed by atoms with Crippen LogP contribution in [0.5, 0.6) is 17.2 Å². The zero-order valence-electron chi connectivity index (χ0n) is 25.9. The molecule has 11 heteroatoms. The van der Waals surface area contributed by atoms with Gasteiger partial charge in [-0.05, 0) is 48.9 Å². The molecule has 0 aliphatic heterocycles. The van der Waals surface area contributed by atoms with Crippen LogP contribution in [0.1, 0.15) is 35.0 Å². The monoisotopic (exact) mass is 626 g/mol. The summed E-state index contributed by atoms with van der Waals surface area (Å²) in [7, 11) is 1.68. The summed E-state index contributed by atoms with van der Waals surface area (Å²) in [6, 6.07) is 13.9. The van der Waals surface area contributed by atoms with Gasteiger partial charge in [-0.2, -0.15) is 0 Å². The standard InChI is InChI=1S/C33H40F2N2O6Si/c1-40-30-14-10-26(28(39)12-11-27(38)22-9-13-29(43-16-15-34)31(19-22)41-2)36-32(30)24-20-37(21-42-17-18-44(3,4)5)33-23(24)7-6-8-25(33)35/h6-10,13-14,19-20,28,39H,11-12,15-18,21H2,1-5H3. The number of para-hydroxylation sites is 1. The van der Waals surface area contributed by atoms with E-state index in [0.29, 0.717) is 57.3 Å². The Bertz CT molecular complexity index is 1590. The molecule has 0 aliphatic rings. The summed E-state index contributed by atoms with van der Waals surface area (Å²) < 4.78 is 51.4. The van der Waals surface area contributed by atoms with Gasteiger partial charge < -0.3 is 28.6 Å². The lowest BCUT2D eigenvalue weighted by molar-refractivity contribution is 0.0899. The first-order chi connectivity index (χ1) is 21.1. The Labute approximate surface area is 257 Å². The number of carbonyl (C=O) groups is 1. The molecule has 0 spiro atoms. The fourth-order valence-corrected chi connectivity index (χ4v) is 5.58. The number of alkyl halides is 1. The second kappa shape index (κ2) is 14.8. The van der Waals surface area contributed by atoms with E-state index in [4.69, 9.17) is 23.9 Å². The van der Waals surface area contributed by atoms with Gasteiger partial charge in [0.15, 0.2) is 17.3 Å². The zero-order chi connectivity index (χ0) is 31.9. The van der Waals surface area contributed by atoms with Crippen molar-refractivity contribution in [1.29, 1.82) is 0 Å². The Morgan fingerprint density at radius 2 is 1.77 bits per heavy atom. The van der Waals surface area contributed by atoms with Crippen molar-refractivity contribution >= 4 is 24.8 Å². The average Bonchev–Trinajstić information content (AvgIpc) is 3.39. The first kappa shape index (κ1) is 33.1. The molecule has 0 fully saturated rings. The number of aliphatic hydroxyl groups is 1. The molecular weight excluding hydrogens is 586 g/mol. The number of benzene rings is 2. The van der Waals surface area contributed by atoms with E-state index in [9.17, 15) is 14.3 Å². The number of hydrogen-bond donors (Lipinski definition) is 1. The SMILES string of the molecule is COc1cc(C(=O)CCC(O)c2ccc(OC)c(-c3cn(COCC[Si](C)(C)C)c4c(F)cccc34)n2)ccc1OCCF. The summed E-state index contributed by atoms with van der Waals surface area (Å²) in [6.07, 6.45) is 0.896. The highest BCUT2D eigenvalue weighted by Crippen LogP contribution is 2.37. The highest BCUT2D eigenvalue weighted by atomic mass is 28.3. The number of halogens is 2. The summed E-state index contributed by atoms with van der Waals surface area (Å²) >= 11 is 0. The van der Waals surface area contributed by atoms with E-state index in [1.807, 2.05) is 6.07 Å². The quantitative estimate of drug-likeness (QED) is 0.0798. The van der Waals surface area contributed by atoms with Crippen molar-refractivity contribution in [1.82, 2.24) is 9.55 Å². The smallest absolute Gasteiger partial charge is 0.163 e. The van der Waals surface area contributed by atoms with Gasteiger partial charge in [-0.1, -0.05) is 31.8 Å². The van der Waals surface area contributed by atoms with Gasteiger partial charge in [-0.3, -0.25) is 4.79 Å². The molecule has 1 N–H and O–H groups in total. The maximum absolute atomic E-state index is 15.1. The number of hydrogen-bond acceptors (Lipinski definition) is 7. The molecule has 0 saturated heterocycles. The summed E-state index contributed by atoms with van der Waals surface area (Å²) in [5.41, 5.74) is 2.21. The van der Waals surface area contributed by atoms with Crippen LogP contribution < -0.4 is 14.2 Å². The first-order valence-corrected chi connectivity index (χ1v) is 18.3. The number of fused-ring (bicyclic) bond motifs is 1. The maximum Gasteiger partial charge on any atom is 0.163 e. The molecule has 0 bridgehead atoms. The Hall–Kier alpha value is -3.80. The van der Waals surface area contributed by atoms with Crippen molar-refractivity contribution in [3.05, 3.63) is 71.8 Å². The number of methoxy groups -OCH3 is 2. The van der Waals surface area contributed by atoms with E-state index in [1.54, 1.807) is 41.1 Å². The van der Waals surface area contributed by atoms with Crippen LogP contribution in [0.3, 0.4) is 0 Å². The minimum atomic E-state index is -1.28. The van der Waals surface area contributed by atoms with E-state index >= 15 is 4.39 Å². The number of carbonyl (C=O) groups excluding carboxylic acids is 1. The van der Waals surface area contributed by atoms with Gasteiger partial charge >= 0.3 is 0 Å². The molecule has 2 heterocycles. The van der Waals surface area contributed by atoms with Gasteiger partial charge in [0.05, 0.1) is 31.5 Å². The normalized spacial score (nSPS) is 12.4. The minimum Gasteiger partial charge on any atom is -0.494 e. The lowest BCUT2D eigenvalue weighted by Gasteiger charge is -2.15. The maximum atomic E-state index is 15.1. The molecule has 236 valence electrons. The van der Waals surface area contributed by atoms with Crippen molar-refractivity contribution in [3.8, 4) is 28.5 Å². The van der Waals surface area contributed by atoms with Crippen LogP contribution in [0.15, 0.2) is 54.7 Å². The van der Waals surface area contributed by atoms with Crippen LogP contribution in [0, 0.1) is 5.82 Å². The fraction of sp³-hybridized carbons (Fsp3) is 0.394. The molecule has 0 amide bonds. The van der Waals surface area contributed by atoms with Crippen molar-refractivity contribution in [2.75, 3.05) is 34.1 Å². The van der Waals surface area contributed by atoms with Crippen LogP contribution in [0.2, 0.25) is 25.7 Å². The summed E-state index contributed by atoms with van der Waals surface area (Å²) in [4.78, 5) is 17.7. The third-order valence-corrected chi connectivity index (χ3v) is 8.94. The second-order valence-electron chi connectivity index (χ2n) is 11.7. The molecular formula is C33H40F2N2O6Si. The highest BCUT2D eigenvalue weighted by Gasteiger charge is 2.22. The van der Waals surface area contributed by atoms with Crippen molar-refractivity contribution in [2.24, 2.45) is 0 Å². The molecule has 0 radical (unpaired) electrons. The number of rotatable bonds is 16. The summed E-state index contributed by atoms with van der Waals surface area (Å²) in [6.45, 7) is 6.83. The molecule has 44 heavy (non-hydrogen) atoms. The third kappa shape index (κ3) is 8.02. The lowest BCUT2D eigenvalue weighted by atomic mass is 10.0. The minimum absolute atomic E-state index is 0.0390. The zero-order valence-corrected chi connectivity index (χ0v) is 26.9. The number of pyridine rings is 1. The number of ether oxygens (including phenoxy) is 4. The highest BCUT2D eigenvalue weighted by molar-refractivity contribution is 6.76. The van der Waals surface area contributed by atoms with E-state index < -0.39 is 20.9 Å². The van der Waals surface area contributed by atoms with E-state index in [2.05, 4.69) is 19.6 Å². The van der Waals surface area contributed by atoms with Gasteiger partial charge in [-0.25, -0.2) is 13.8 Å². The summed E-state index contributed by atoms with van der Waals surface area (Å²) in [5, 5.41) is 11.7. The molecule has 0 saturated carbocycles. The Morgan fingerprint density at radius 3 is 2.48 bits per heavy atom. The molecule has 8 nitrogen and oxygen atoms in total. The lowest BCUT2D eigenvalue weighted by Crippen LogP contribution is -2.22. The van der Waals surface area contributed by atoms with Crippen molar-refractivity contribution < 1.29 is 37.6 Å². The molecule has 1 atom stereocenters. The van der Waals surface area contributed by atoms with Gasteiger partial charge in [-0.15, -0.1) is 0 Å². The average molecular weight is 627 g/mol. The van der Waals surface area contributed by atoms with E-state index in [0.717, 1.165) is 6.04 Å².